The monoisotopic (exact) mass is 222 g/mol. The number of aryl methyl sites for hydroxylation is 1. The molecule has 0 saturated carbocycles. The number of rotatable bonds is 2. The Balaban J connectivity index is 2.60. The van der Waals surface area contributed by atoms with E-state index in [-0.39, 0.29) is 5.69 Å². The summed E-state index contributed by atoms with van der Waals surface area (Å²) in [5, 5.41) is 7.42. The highest BCUT2D eigenvalue weighted by molar-refractivity contribution is 5.69. The molecule has 0 amide bonds. The van der Waals surface area contributed by atoms with Crippen LogP contribution in [0.1, 0.15) is 0 Å². The van der Waals surface area contributed by atoms with Crippen LogP contribution >= 0.6 is 0 Å². The Morgan fingerprint density at radius 3 is 2.75 bits per heavy atom. The van der Waals surface area contributed by atoms with E-state index in [0.717, 1.165) is 0 Å². The molecular formula is C10H11FN4O. The van der Waals surface area contributed by atoms with Crippen LogP contribution in [0.4, 0.5) is 10.1 Å². The summed E-state index contributed by atoms with van der Waals surface area (Å²) in [6.07, 6.45) is 1.48. The van der Waals surface area contributed by atoms with Gasteiger partial charge in [-0.3, -0.25) is 0 Å². The van der Waals surface area contributed by atoms with Crippen molar-refractivity contribution in [2.24, 2.45) is 7.05 Å². The molecule has 0 unspecified atom stereocenters. The summed E-state index contributed by atoms with van der Waals surface area (Å²) in [5.41, 5.74) is 6.50. The Hall–Kier alpha value is -2.11. The largest absolute Gasteiger partial charge is 0.494 e. The first-order valence-corrected chi connectivity index (χ1v) is 4.62. The lowest BCUT2D eigenvalue weighted by Gasteiger charge is -2.09. The molecule has 2 N–H and O–H groups in total. The van der Waals surface area contributed by atoms with Crippen molar-refractivity contribution in [2.75, 3.05) is 12.8 Å². The van der Waals surface area contributed by atoms with Crippen LogP contribution in [0.3, 0.4) is 0 Å². The van der Waals surface area contributed by atoms with E-state index in [9.17, 15) is 4.39 Å². The summed E-state index contributed by atoms with van der Waals surface area (Å²) in [7, 11) is 3.12. The molecule has 2 rings (SSSR count). The van der Waals surface area contributed by atoms with Crippen LogP contribution in [0.5, 0.6) is 5.75 Å². The van der Waals surface area contributed by atoms with Gasteiger partial charge in [-0.15, -0.1) is 5.10 Å². The molecule has 16 heavy (non-hydrogen) atoms. The average molecular weight is 222 g/mol. The third-order valence-electron chi connectivity index (χ3n) is 2.35. The molecule has 0 aliphatic carbocycles. The van der Waals surface area contributed by atoms with Gasteiger partial charge in [-0.25, -0.2) is 9.07 Å². The zero-order valence-electron chi connectivity index (χ0n) is 8.94. The number of hydrogen-bond donors (Lipinski definition) is 1. The van der Waals surface area contributed by atoms with Crippen molar-refractivity contribution in [1.82, 2.24) is 15.0 Å². The second-order valence-electron chi connectivity index (χ2n) is 3.29. The topological polar surface area (TPSA) is 66.0 Å². The number of anilines is 1. The van der Waals surface area contributed by atoms with Crippen LogP contribution in [-0.2, 0) is 7.05 Å². The summed E-state index contributed by atoms with van der Waals surface area (Å²) in [6, 6.07) is 3.20. The molecule has 0 radical (unpaired) electrons. The van der Waals surface area contributed by atoms with Crippen molar-refractivity contribution < 1.29 is 9.13 Å². The predicted octanol–water partition coefficient (Wildman–Crippen LogP) is 1.21. The van der Waals surface area contributed by atoms with Gasteiger partial charge in [-0.05, 0) is 12.1 Å². The number of hydrogen-bond acceptors (Lipinski definition) is 4. The van der Waals surface area contributed by atoms with Gasteiger partial charge in [0.25, 0.3) is 0 Å². The van der Waals surface area contributed by atoms with Crippen LogP contribution < -0.4 is 10.5 Å². The second-order valence-corrected chi connectivity index (χ2v) is 3.29. The van der Waals surface area contributed by atoms with E-state index in [4.69, 9.17) is 10.5 Å². The van der Waals surface area contributed by atoms with E-state index in [1.54, 1.807) is 19.2 Å². The van der Waals surface area contributed by atoms with Crippen molar-refractivity contribution in [3.8, 4) is 17.0 Å². The van der Waals surface area contributed by atoms with Crippen LogP contribution in [-0.4, -0.2) is 22.1 Å². The van der Waals surface area contributed by atoms with Gasteiger partial charge in [-0.1, -0.05) is 5.21 Å². The molecular weight excluding hydrogens is 211 g/mol. The number of methoxy groups -OCH3 is 1. The Labute approximate surface area is 91.6 Å². The first kappa shape index (κ1) is 10.4. The fourth-order valence-electron chi connectivity index (χ4n) is 1.48. The molecule has 0 aliphatic heterocycles. The zero-order valence-corrected chi connectivity index (χ0v) is 8.94. The predicted molar refractivity (Wildman–Crippen MR) is 57.4 cm³/mol. The number of nitrogen functional groups attached to an aromatic ring is 1. The normalized spacial score (nSPS) is 10.4. The lowest BCUT2D eigenvalue weighted by molar-refractivity contribution is 0.414. The van der Waals surface area contributed by atoms with E-state index in [0.29, 0.717) is 17.0 Å². The van der Waals surface area contributed by atoms with Crippen molar-refractivity contribution in [3.05, 3.63) is 24.1 Å². The SMILES string of the molecule is COc1ccc(-c2cnnn2C)c(F)c1N. The summed E-state index contributed by atoms with van der Waals surface area (Å²) in [4.78, 5) is 0. The maximum Gasteiger partial charge on any atom is 0.159 e. The van der Waals surface area contributed by atoms with Gasteiger partial charge >= 0.3 is 0 Å². The highest BCUT2D eigenvalue weighted by atomic mass is 19.1. The van der Waals surface area contributed by atoms with E-state index in [2.05, 4.69) is 10.3 Å². The van der Waals surface area contributed by atoms with Crippen molar-refractivity contribution in [3.63, 3.8) is 0 Å². The van der Waals surface area contributed by atoms with Crippen molar-refractivity contribution in [2.45, 2.75) is 0 Å². The lowest BCUT2D eigenvalue weighted by atomic mass is 10.1. The van der Waals surface area contributed by atoms with Gasteiger partial charge in [-0.2, -0.15) is 0 Å². The number of nitrogens with zero attached hydrogens (tertiary/aromatic N) is 3. The van der Waals surface area contributed by atoms with Crippen LogP contribution in [0, 0.1) is 5.82 Å². The molecule has 1 aromatic carbocycles. The maximum atomic E-state index is 13.9. The molecule has 1 heterocycles. The van der Waals surface area contributed by atoms with Gasteiger partial charge in [0.1, 0.15) is 11.4 Å². The minimum Gasteiger partial charge on any atom is -0.494 e. The summed E-state index contributed by atoms with van der Waals surface area (Å²) in [6.45, 7) is 0. The van der Waals surface area contributed by atoms with E-state index < -0.39 is 5.82 Å². The minimum atomic E-state index is -0.523. The van der Waals surface area contributed by atoms with Crippen LogP contribution in [0.15, 0.2) is 18.3 Å². The fourth-order valence-corrected chi connectivity index (χ4v) is 1.48. The minimum absolute atomic E-state index is 0.0128. The summed E-state index contributed by atoms with van der Waals surface area (Å²) in [5.74, 6) is -0.207. The van der Waals surface area contributed by atoms with Gasteiger partial charge in [0.2, 0.25) is 0 Å². The molecule has 0 atom stereocenters. The molecule has 0 saturated heterocycles. The average Bonchev–Trinajstić information content (AvgIpc) is 2.69. The molecule has 1 aromatic heterocycles. The van der Waals surface area contributed by atoms with Crippen LogP contribution in [0.25, 0.3) is 11.3 Å². The van der Waals surface area contributed by atoms with Crippen molar-refractivity contribution in [1.29, 1.82) is 0 Å². The molecule has 0 aliphatic rings. The molecule has 5 nitrogen and oxygen atoms in total. The zero-order chi connectivity index (χ0) is 11.7. The first-order valence-electron chi connectivity index (χ1n) is 4.62. The molecule has 84 valence electrons. The van der Waals surface area contributed by atoms with E-state index in [1.165, 1.54) is 18.0 Å². The third-order valence-corrected chi connectivity index (χ3v) is 2.35. The second kappa shape index (κ2) is 3.80. The molecule has 0 bridgehead atoms. The number of nitrogens with two attached hydrogens (primary N) is 1. The van der Waals surface area contributed by atoms with Gasteiger partial charge in [0, 0.05) is 12.6 Å². The Morgan fingerprint density at radius 2 is 2.19 bits per heavy atom. The van der Waals surface area contributed by atoms with Crippen molar-refractivity contribution >= 4 is 5.69 Å². The number of benzene rings is 1. The Morgan fingerprint density at radius 1 is 1.44 bits per heavy atom. The van der Waals surface area contributed by atoms with Gasteiger partial charge in [0.05, 0.1) is 19.0 Å². The summed E-state index contributed by atoms with van der Waals surface area (Å²) < 4.78 is 20.3. The third kappa shape index (κ3) is 1.48. The number of halogens is 1. The summed E-state index contributed by atoms with van der Waals surface area (Å²) >= 11 is 0. The quantitative estimate of drug-likeness (QED) is 0.775. The van der Waals surface area contributed by atoms with Gasteiger partial charge < -0.3 is 10.5 Å². The number of aromatic nitrogens is 3. The smallest absolute Gasteiger partial charge is 0.159 e. The highest BCUT2D eigenvalue weighted by Gasteiger charge is 2.15. The standard InChI is InChI=1S/C10H11FN4O/c1-15-7(5-13-14-15)6-3-4-8(16-2)10(12)9(6)11/h3-5H,12H2,1-2H3. The maximum absolute atomic E-state index is 13.9. The van der Waals surface area contributed by atoms with Crippen LogP contribution in [0.2, 0.25) is 0 Å². The lowest BCUT2D eigenvalue weighted by Crippen LogP contribution is -2.00. The molecule has 6 heteroatoms. The Kier molecular flexibility index (Phi) is 2.47. The van der Waals surface area contributed by atoms with E-state index >= 15 is 0 Å². The number of ether oxygens (including phenoxy) is 1. The Bertz CT molecular complexity index is 524. The molecule has 0 spiro atoms. The van der Waals surface area contributed by atoms with E-state index in [1.807, 2.05) is 0 Å². The first-order chi connectivity index (χ1) is 7.65. The highest BCUT2D eigenvalue weighted by Crippen LogP contribution is 2.31. The fraction of sp³-hybridized carbons (Fsp3) is 0.200. The van der Waals surface area contributed by atoms with Gasteiger partial charge in [0.15, 0.2) is 5.82 Å². The molecule has 0 fully saturated rings. The molecule has 2 aromatic rings.